The maximum absolute atomic E-state index is 13.5. The van der Waals surface area contributed by atoms with Crippen molar-refractivity contribution in [1.82, 2.24) is 20.6 Å². The van der Waals surface area contributed by atoms with Crippen molar-refractivity contribution in [2.24, 2.45) is 0 Å². The minimum atomic E-state index is -0.998. The number of rotatable bonds is 11. The Bertz CT molecular complexity index is 1760. The van der Waals surface area contributed by atoms with Crippen LogP contribution in [-0.2, 0) is 16.8 Å². The third-order valence-corrected chi connectivity index (χ3v) is 8.58. The number of hydrogen-bond donors (Lipinski definition) is 4. The number of amides is 1. The van der Waals surface area contributed by atoms with Crippen LogP contribution >= 0.6 is 0 Å². The minimum Gasteiger partial charge on any atom is -0.492 e. The van der Waals surface area contributed by atoms with E-state index in [4.69, 9.17) is 4.74 Å². The Morgan fingerprint density at radius 2 is 1.71 bits per heavy atom. The normalized spacial score (nSPS) is 16.1. The molecule has 0 saturated heterocycles. The van der Waals surface area contributed by atoms with E-state index in [0.717, 1.165) is 27.9 Å². The van der Waals surface area contributed by atoms with Gasteiger partial charge in [0.15, 0.2) is 0 Å². The molecule has 0 radical (unpaired) electrons. The van der Waals surface area contributed by atoms with Gasteiger partial charge in [-0.2, -0.15) is 0 Å². The van der Waals surface area contributed by atoms with Gasteiger partial charge in [-0.3, -0.25) is 14.9 Å². The molecule has 8 heteroatoms. The number of H-pyrrole nitrogens is 1. The average Bonchev–Trinajstić information content (AvgIpc) is 3.61. The first-order valence-electron chi connectivity index (χ1n) is 15.1. The molecule has 3 atom stereocenters. The molecular weight excluding hydrogens is 564 g/mol. The van der Waals surface area contributed by atoms with Crippen LogP contribution in [0.25, 0.3) is 0 Å². The quantitative estimate of drug-likeness (QED) is 0.150. The van der Waals surface area contributed by atoms with Gasteiger partial charge >= 0.3 is 5.97 Å². The zero-order valence-corrected chi connectivity index (χ0v) is 25.1. The number of aromatic amines is 1. The van der Waals surface area contributed by atoms with Gasteiger partial charge in [0.25, 0.3) is 5.91 Å². The monoisotopic (exact) mass is 600 g/mol. The Morgan fingerprint density at radius 3 is 2.42 bits per heavy atom. The van der Waals surface area contributed by atoms with Gasteiger partial charge in [0.05, 0.1) is 41.8 Å². The number of carboxylic acids is 1. The third kappa shape index (κ3) is 6.23. The number of benzene rings is 4. The highest BCUT2D eigenvalue weighted by Gasteiger charge is 2.41. The number of para-hydroxylation sites is 1. The predicted molar refractivity (Wildman–Crippen MR) is 172 cm³/mol. The first-order valence-corrected chi connectivity index (χ1v) is 15.1. The van der Waals surface area contributed by atoms with Crippen molar-refractivity contribution in [3.8, 4) is 5.75 Å². The maximum Gasteiger partial charge on any atom is 0.312 e. The van der Waals surface area contributed by atoms with Crippen LogP contribution < -0.4 is 15.4 Å². The number of imidazole rings is 1. The van der Waals surface area contributed by atoms with Crippen LogP contribution in [0.4, 0.5) is 0 Å². The molecule has 8 nitrogen and oxygen atoms in total. The number of aromatic nitrogens is 2. The fourth-order valence-corrected chi connectivity index (χ4v) is 6.36. The van der Waals surface area contributed by atoms with E-state index in [2.05, 4.69) is 57.9 Å². The zero-order valence-electron chi connectivity index (χ0n) is 25.1. The van der Waals surface area contributed by atoms with Crippen LogP contribution in [0.15, 0.2) is 116 Å². The largest absolute Gasteiger partial charge is 0.492 e. The fraction of sp³-hybridized carbons (Fsp3) is 0.216. The molecular formula is C37H36N4O4. The lowest BCUT2D eigenvalue weighted by atomic mass is 9.77. The van der Waals surface area contributed by atoms with Gasteiger partial charge in [-0.15, -0.1) is 0 Å². The molecule has 1 amide bonds. The molecule has 4 N–H and O–H groups in total. The summed E-state index contributed by atoms with van der Waals surface area (Å²) in [5, 5.41) is 16.7. The number of aryl methyl sites for hydroxylation is 1. The van der Waals surface area contributed by atoms with Crippen molar-refractivity contribution >= 4 is 11.9 Å². The van der Waals surface area contributed by atoms with E-state index in [1.165, 1.54) is 0 Å². The SMILES string of the molecule is Cc1ccccc1C(Cc1ccccc1)(NC1CCOc2c(C(=O)NCC(C(=O)O)c3ccccc3)cccc21)c1cnc[nH]1. The number of nitrogens with one attached hydrogen (secondary N) is 3. The van der Waals surface area contributed by atoms with Crippen molar-refractivity contribution in [1.29, 1.82) is 0 Å². The van der Waals surface area contributed by atoms with Crippen LogP contribution in [0, 0.1) is 6.92 Å². The molecule has 2 heterocycles. The summed E-state index contributed by atoms with van der Waals surface area (Å²) in [5.74, 6) is -1.74. The van der Waals surface area contributed by atoms with Crippen molar-refractivity contribution in [3.63, 3.8) is 0 Å². The molecule has 228 valence electrons. The van der Waals surface area contributed by atoms with E-state index in [-0.39, 0.29) is 18.5 Å². The van der Waals surface area contributed by atoms with Gasteiger partial charge in [0, 0.05) is 31.0 Å². The highest BCUT2D eigenvalue weighted by molar-refractivity contribution is 5.97. The second-order valence-electron chi connectivity index (χ2n) is 11.4. The maximum atomic E-state index is 13.5. The van der Waals surface area contributed by atoms with Gasteiger partial charge in [0.2, 0.25) is 0 Å². The van der Waals surface area contributed by atoms with Crippen molar-refractivity contribution in [2.45, 2.75) is 37.3 Å². The molecule has 3 unspecified atom stereocenters. The molecule has 1 aliphatic rings. The standard InChI is InChI=1S/C37H36N4O4/c1-25-11-8-9-18-31(25)37(33-23-38-24-40-33,21-26-12-4-2-5-13-26)41-32-19-20-45-34-28(32)16-10-17-29(34)35(42)39-22-30(36(43)44)27-14-6-3-7-15-27/h2-18,23-24,30,32,41H,19-22H2,1H3,(H,38,40)(H,39,42)(H,43,44). The Hall–Kier alpha value is -5.21. The first kappa shape index (κ1) is 29.8. The van der Waals surface area contributed by atoms with Gasteiger partial charge in [0.1, 0.15) is 5.75 Å². The summed E-state index contributed by atoms with van der Waals surface area (Å²) in [6.45, 7) is 2.49. The number of carboxylic acid groups (broad SMARTS) is 1. The van der Waals surface area contributed by atoms with Crippen LogP contribution in [-0.4, -0.2) is 40.1 Å². The summed E-state index contributed by atoms with van der Waals surface area (Å²) in [4.78, 5) is 33.4. The van der Waals surface area contributed by atoms with E-state index in [1.54, 1.807) is 36.7 Å². The summed E-state index contributed by atoms with van der Waals surface area (Å²) < 4.78 is 6.16. The molecule has 1 aliphatic heterocycles. The van der Waals surface area contributed by atoms with E-state index in [1.807, 2.05) is 48.7 Å². The highest BCUT2D eigenvalue weighted by Crippen LogP contribution is 2.41. The number of carbonyl (C=O) groups excluding carboxylic acids is 1. The molecule has 4 aromatic carbocycles. The predicted octanol–water partition coefficient (Wildman–Crippen LogP) is 5.92. The lowest BCUT2D eigenvalue weighted by Gasteiger charge is -2.41. The summed E-state index contributed by atoms with van der Waals surface area (Å²) >= 11 is 0. The topological polar surface area (TPSA) is 116 Å². The Balaban J connectivity index is 1.35. The number of ether oxygens (including phenoxy) is 1. The van der Waals surface area contributed by atoms with E-state index in [9.17, 15) is 14.7 Å². The summed E-state index contributed by atoms with van der Waals surface area (Å²) in [6, 6.07) is 33.1. The average molecular weight is 601 g/mol. The second-order valence-corrected chi connectivity index (χ2v) is 11.4. The molecule has 5 aromatic rings. The van der Waals surface area contributed by atoms with E-state index >= 15 is 0 Å². The number of carbonyl (C=O) groups is 2. The second kappa shape index (κ2) is 13.2. The molecule has 6 rings (SSSR count). The summed E-state index contributed by atoms with van der Waals surface area (Å²) in [7, 11) is 0. The molecule has 0 saturated carbocycles. The van der Waals surface area contributed by atoms with E-state index < -0.39 is 17.4 Å². The van der Waals surface area contributed by atoms with Crippen molar-refractivity contribution < 1.29 is 19.4 Å². The number of hydrogen-bond acceptors (Lipinski definition) is 5. The molecule has 45 heavy (non-hydrogen) atoms. The number of nitrogens with zero attached hydrogens (tertiary/aromatic N) is 1. The molecule has 0 bridgehead atoms. The van der Waals surface area contributed by atoms with Gasteiger partial charge in [-0.25, -0.2) is 4.98 Å². The Morgan fingerprint density at radius 1 is 0.978 bits per heavy atom. The van der Waals surface area contributed by atoms with Crippen LogP contribution in [0.2, 0.25) is 0 Å². The summed E-state index contributed by atoms with van der Waals surface area (Å²) in [6.07, 6.45) is 4.92. The lowest BCUT2D eigenvalue weighted by Crippen LogP contribution is -2.49. The molecule has 0 spiro atoms. The summed E-state index contributed by atoms with van der Waals surface area (Å²) in [5.41, 5.74) is 5.57. The van der Waals surface area contributed by atoms with Crippen LogP contribution in [0.1, 0.15) is 62.2 Å². The fourth-order valence-electron chi connectivity index (χ4n) is 6.36. The Kier molecular flexibility index (Phi) is 8.75. The highest BCUT2D eigenvalue weighted by atomic mass is 16.5. The van der Waals surface area contributed by atoms with Gasteiger partial charge in [-0.1, -0.05) is 97.1 Å². The first-order chi connectivity index (χ1) is 22.0. The molecule has 0 aliphatic carbocycles. The van der Waals surface area contributed by atoms with Gasteiger partial charge in [-0.05, 0) is 35.2 Å². The van der Waals surface area contributed by atoms with Crippen molar-refractivity contribution in [3.05, 3.63) is 155 Å². The minimum absolute atomic E-state index is 0.0448. The number of aliphatic carboxylic acids is 1. The smallest absolute Gasteiger partial charge is 0.312 e. The van der Waals surface area contributed by atoms with Crippen LogP contribution in [0.3, 0.4) is 0 Å². The zero-order chi connectivity index (χ0) is 31.2. The van der Waals surface area contributed by atoms with Crippen LogP contribution in [0.5, 0.6) is 5.75 Å². The Labute approximate surface area is 262 Å². The van der Waals surface area contributed by atoms with E-state index in [0.29, 0.717) is 36.3 Å². The third-order valence-electron chi connectivity index (χ3n) is 8.58. The van der Waals surface area contributed by atoms with Crippen molar-refractivity contribution in [2.75, 3.05) is 13.2 Å². The lowest BCUT2D eigenvalue weighted by molar-refractivity contribution is -0.138. The number of fused-ring (bicyclic) bond motifs is 1. The molecule has 1 aromatic heterocycles. The molecule has 0 fully saturated rings. The van der Waals surface area contributed by atoms with Gasteiger partial charge < -0.3 is 20.1 Å².